The molecule has 0 spiro atoms. The average Bonchev–Trinajstić information content (AvgIpc) is 3.39. The van der Waals surface area contributed by atoms with Crippen LogP contribution in [0.1, 0.15) is 5.56 Å². The zero-order valence-corrected chi connectivity index (χ0v) is 16.4. The second kappa shape index (κ2) is 7.33. The van der Waals surface area contributed by atoms with Gasteiger partial charge in [-0.25, -0.2) is 4.98 Å². The summed E-state index contributed by atoms with van der Waals surface area (Å²) in [7, 11) is 0. The van der Waals surface area contributed by atoms with E-state index < -0.39 is 6.10 Å². The first-order valence-electron chi connectivity index (χ1n) is 9.68. The molecular weight excluding hydrogens is 392 g/mol. The van der Waals surface area contributed by atoms with E-state index in [-0.39, 0.29) is 18.6 Å². The Bertz CT molecular complexity index is 1080. The van der Waals surface area contributed by atoms with Gasteiger partial charge in [0.1, 0.15) is 11.4 Å². The lowest BCUT2D eigenvalue weighted by Gasteiger charge is -2.34. The van der Waals surface area contributed by atoms with Gasteiger partial charge in [-0.05, 0) is 29.8 Å². The predicted octanol–water partition coefficient (Wildman–Crippen LogP) is 1.98. The number of aliphatic hydroxyl groups excluding tert-OH is 1. The van der Waals surface area contributed by atoms with Crippen LogP contribution in [0.25, 0.3) is 22.2 Å². The number of carbonyl (C=O) groups excluding carboxylic acids is 1. The molecule has 29 heavy (non-hydrogen) atoms. The number of aromatic amines is 1. The lowest BCUT2D eigenvalue weighted by molar-refractivity contribution is -0.139. The quantitative estimate of drug-likeness (QED) is 0.612. The zero-order valence-electron chi connectivity index (χ0n) is 15.7. The smallest absolute Gasteiger partial charge is 0.264 e. The van der Waals surface area contributed by atoms with Crippen molar-refractivity contribution in [2.24, 2.45) is 0 Å². The maximum absolute atomic E-state index is 13.1. The van der Waals surface area contributed by atoms with Crippen molar-refractivity contribution in [2.45, 2.75) is 18.6 Å². The highest BCUT2D eigenvalue weighted by atomic mass is 35.5. The third-order valence-corrected chi connectivity index (χ3v) is 5.83. The third-order valence-electron chi connectivity index (χ3n) is 5.61. The highest BCUT2D eigenvalue weighted by Crippen LogP contribution is 2.43. The van der Waals surface area contributed by atoms with Crippen molar-refractivity contribution in [1.29, 1.82) is 0 Å². The highest BCUT2D eigenvalue weighted by molar-refractivity contribution is 6.31. The van der Waals surface area contributed by atoms with E-state index >= 15 is 0 Å². The van der Waals surface area contributed by atoms with Crippen molar-refractivity contribution in [1.82, 2.24) is 20.2 Å². The molecular formula is C21H21ClN4O3. The van der Waals surface area contributed by atoms with Crippen molar-refractivity contribution in [3.8, 4) is 16.9 Å². The molecule has 0 saturated carbocycles. The highest BCUT2D eigenvalue weighted by Gasteiger charge is 2.36. The minimum atomic E-state index is -0.580. The van der Waals surface area contributed by atoms with Gasteiger partial charge < -0.3 is 25.0 Å². The maximum Gasteiger partial charge on any atom is 0.264 e. The number of aromatic nitrogens is 2. The van der Waals surface area contributed by atoms with Crippen LogP contribution in [0.4, 0.5) is 0 Å². The Labute approximate surface area is 172 Å². The van der Waals surface area contributed by atoms with Crippen molar-refractivity contribution in [3.05, 3.63) is 47.2 Å². The zero-order chi connectivity index (χ0) is 20.0. The fourth-order valence-corrected chi connectivity index (χ4v) is 4.45. The molecule has 2 aliphatic heterocycles. The first-order valence-corrected chi connectivity index (χ1v) is 10.1. The number of halogens is 1. The molecule has 0 bridgehead atoms. The van der Waals surface area contributed by atoms with E-state index in [2.05, 4.69) is 15.3 Å². The summed E-state index contributed by atoms with van der Waals surface area (Å²) in [6.07, 6.45) is 3.50. The van der Waals surface area contributed by atoms with E-state index in [1.807, 2.05) is 30.5 Å². The lowest BCUT2D eigenvalue weighted by Crippen LogP contribution is -2.56. The molecule has 1 saturated heterocycles. The van der Waals surface area contributed by atoms with E-state index in [0.717, 1.165) is 27.7 Å². The molecule has 4 heterocycles. The summed E-state index contributed by atoms with van der Waals surface area (Å²) in [5.41, 5.74) is 3.55. The molecule has 150 valence electrons. The number of nitrogens with one attached hydrogen (secondary N) is 2. The van der Waals surface area contributed by atoms with Gasteiger partial charge in [0.15, 0.2) is 6.10 Å². The summed E-state index contributed by atoms with van der Waals surface area (Å²) in [5.74, 6) is 0.653. The first-order chi connectivity index (χ1) is 14.1. The number of piperazine rings is 1. The van der Waals surface area contributed by atoms with Gasteiger partial charge in [-0.2, -0.15) is 0 Å². The van der Waals surface area contributed by atoms with Gasteiger partial charge in [0.25, 0.3) is 5.91 Å². The van der Waals surface area contributed by atoms with Gasteiger partial charge in [-0.15, -0.1) is 0 Å². The molecule has 2 atom stereocenters. The number of hydrogen-bond donors (Lipinski definition) is 3. The van der Waals surface area contributed by atoms with E-state index in [4.69, 9.17) is 16.3 Å². The van der Waals surface area contributed by atoms with Gasteiger partial charge in [0.05, 0.1) is 6.61 Å². The van der Waals surface area contributed by atoms with Gasteiger partial charge in [-0.1, -0.05) is 11.6 Å². The number of pyridine rings is 1. The minimum absolute atomic E-state index is 0.00396. The molecule has 0 radical (unpaired) electrons. The fraction of sp³-hybridized carbons (Fsp3) is 0.333. The van der Waals surface area contributed by atoms with Crippen molar-refractivity contribution in [2.75, 3.05) is 26.2 Å². The molecule has 3 aromatic rings. The second-order valence-electron chi connectivity index (χ2n) is 7.47. The van der Waals surface area contributed by atoms with Crippen LogP contribution in [0.3, 0.4) is 0 Å². The van der Waals surface area contributed by atoms with Crippen LogP contribution in [0, 0.1) is 0 Å². The molecule has 8 heteroatoms. The van der Waals surface area contributed by atoms with Crippen molar-refractivity contribution in [3.63, 3.8) is 0 Å². The van der Waals surface area contributed by atoms with Crippen LogP contribution in [0.2, 0.25) is 5.02 Å². The Morgan fingerprint density at radius 3 is 3.10 bits per heavy atom. The minimum Gasteiger partial charge on any atom is -0.479 e. The van der Waals surface area contributed by atoms with Gasteiger partial charge in [0.2, 0.25) is 0 Å². The number of carbonyl (C=O) groups is 1. The van der Waals surface area contributed by atoms with Crippen molar-refractivity contribution < 1.29 is 14.6 Å². The van der Waals surface area contributed by atoms with Gasteiger partial charge >= 0.3 is 0 Å². The number of H-pyrrole nitrogens is 1. The number of aliphatic hydroxyl groups is 1. The molecule has 3 N–H and O–H groups in total. The van der Waals surface area contributed by atoms with Crippen LogP contribution in [-0.2, 0) is 11.2 Å². The molecule has 1 aromatic carbocycles. The Morgan fingerprint density at radius 2 is 2.24 bits per heavy atom. The third kappa shape index (κ3) is 3.25. The monoisotopic (exact) mass is 412 g/mol. The lowest BCUT2D eigenvalue weighted by atomic mass is 9.99. The molecule has 1 fully saturated rings. The second-order valence-corrected chi connectivity index (χ2v) is 7.90. The molecule has 0 aliphatic carbocycles. The molecule has 0 unspecified atom stereocenters. The molecule has 2 aliphatic rings. The Kier molecular flexibility index (Phi) is 4.66. The number of fused-ring (bicyclic) bond motifs is 2. The van der Waals surface area contributed by atoms with Crippen LogP contribution in [0.5, 0.6) is 5.75 Å². The first kappa shape index (κ1) is 18.4. The Balaban J connectivity index is 1.47. The number of hydrogen-bond acceptors (Lipinski definition) is 5. The van der Waals surface area contributed by atoms with Gasteiger partial charge in [0, 0.05) is 66.0 Å². The molecule has 7 nitrogen and oxygen atoms in total. The Morgan fingerprint density at radius 1 is 1.34 bits per heavy atom. The predicted molar refractivity (Wildman–Crippen MR) is 110 cm³/mol. The summed E-state index contributed by atoms with van der Waals surface area (Å²) in [6.45, 7) is 1.75. The van der Waals surface area contributed by atoms with Crippen LogP contribution in [0.15, 0.2) is 36.7 Å². The van der Waals surface area contributed by atoms with E-state index in [9.17, 15) is 9.90 Å². The Hall–Kier alpha value is -2.61. The molecule has 2 aromatic heterocycles. The fourth-order valence-electron chi connectivity index (χ4n) is 4.21. The number of ether oxygens (including phenoxy) is 1. The molecule has 5 rings (SSSR count). The summed E-state index contributed by atoms with van der Waals surface area (Å²) in [4.78, 5) is 22.3. The topological polar surface area (TPSA) is 90.5 Å². The summed E-state index contributed by atoms with van der Waals surface area (Å²) >= 11 is 6.41. The summed E-state index contributed by atoms with van der Waals surface area (Å²) < 4.78 is 6.19. The van der Waals surface area contributed by atoms with Crippen LogP contribution in [-0.4, -0.2) is 64.3 Å². The summed E-state index contributed by atoms with van der Waals surface area (Å²) in [6, 6.07) is 7.56. The van der Waals surface area contributed by atoms with E-state index in [1.54, 1.807) is 11.1 Å². The normalized spacial score (nSPS) is 21.2. The summed E-state index contributed by atoms with van der Waals surface area (Å²) in [5, 5.41) is 14.2. The van der Waals surface area contributed by atoms with Crippen LogP contribution < -0.4 is 10.1 Å². The van der Waals surface area contributed by atoms with E-state index in [0.29, 0.717) is 36.8 Å². The average molecular weight is 413 g/mol. The van der Waals surface area contributed by atoms with Gasteiger partial charge in [-0.3, -0.25) is 4.79 Å². The largest absolute Gasteiger partial charge is 0.479 e. The van der Waals surface area contributed by atoms with Crippen molar-refractivity contribution >= 4 is 28.5 Å². The number of nitrogens with zero attached hydrogens (tertiary/aromatic N) is 2. The maximum atomic E-state index is 13.1. The number of benzene rings is 1. The SMILES string of the molecule is O=C([C@H]1Cc2cc(Cl)cc(-c3ccnc4[nH]ccc34)c2O1)N1CCN[C@@H](CO)C1. The number of rotatable bonds is 3. The standard InChI is InChI=1S/C21H21ClN4O3/c22-13-7-12-8-18(21(28)26-6-5-23-14(10-26)11-27)29-19(12)17(9-13)15-1-3-24-20-16(15)2-4-25-20/h1-4,7,9,14,18,23,27H,5-6,8,10-11H2,(H,24,25)/t14-,18-/m1/s1. The number of amides is 1. The van der Waals surface area contributed by atoms with Crippen LogP contribution >= 0.6 is 11.6 Å². The molecule has 1 amide bonds. The van der Waals surface area contributed by atoms with E-state index in [1.165, 1.54) is 0 Å².